The van der Waals surface area contributed by atoms with Gasteiger partial charge in [0.05, 0.1) is 16.5 Å². The van der Waals surface area contributed by atoms with E-state index in [1.54, 1.807) is 23.1 Å². The second-order valence-electron chi connectivity index (χ2n) is 6.74. The fourth-order valence-corrected chi connectivity index (χ4v) is 5.20. The van der Waals surface area contributed by atoms with E-state index >= 15 is 0 Å². The first-order valence-electron chi connectivity index (χ1n) is 8.85. The minimum absolute atomic E-state index is 0.0126. The topological polar surface area (TPSA) is 98.1 Å². The molecule has 0 bridgehead atoms. The zero-order valence-electron chi connectivity index (χ0n) is 15.2. The molecule has 1 fully saturated rings. The minimum atomic E-state index is -3.08. The highest BCUT2D eigenvalue weighted by atomic mass is 35.5. The molecule has 146 valence electrons. The summed E-state index contributed by atoms with van der Waals surface area (Å²) in [5.41, 5.74) is 0.638. The van der Waals surface area contributed by atoms with Gasteiger partial charge in [0.15, 0.2) is 9.84 Å². The van der Waals surface area contributed by atoms with E-state index in [4.69, 9.17) is 11.6 Å². The predicted octanol–water partition coefficient (Wildman–Crippen LogP) is 1.81. The van der Waals surface area contributed by atoms with Crippen molar-refractivity contribution in [1.29, 1.82) is 0 Å². The van der Waals surface area contributed by atoms with Crippen molar-refractivity contribution in [2.75, 3.05) is 11.5 Å². The van der Waals surface area contributed by atoms with E-state index in [1.807, 2.05) is 19.9 Å². The second-order valence-corrected chi connectivity index (χ2v) is 9.37. The van der Waals surface area contributed by atoms with E-state index in [2.05, 4.69) is 15.4 Å². The molecule has 3 rings (SSSR count). The zero-order valence-corrected chi connectivity index (χ0v) is 16.8. The quantitative estimate of drug-likeness (QED) is 0.718. The van der Waals surface area contributed by atoms with Gasteiger partial charge >= 0.3 is 0 Å². The normalized spacial score (nSPS) is 19.7. The number of hydrogen-bond donors (Lipinski definition) is 0. The number of halogens is 1. The van der Waals surface area contributed by atoms with Crippen molar-refractivity contribution >= 4 is 27.3 Å². The number of tetrazole rings is 1. The van der Waals surface area contributed by atoms with Gasteiger partial charge in [-0.15, -0.1) is 10.2 Å². The summed E-state index contributed by atoms with van der Waals surface area (Å²) in [6.07, 6.45) is 1.20. The van der Waals surface area contributed by atoms with E-state index in [9.17, 15) is 13.2 Å². The summed E-state index contributed by atoms with van der Waals surface area (Å²) in [6.45, 7) is 3.79. The molecule has 0 N–H and O–H groups in total. The van der Waals surface area contributed by atoms with E-state index in [0.29, 0.717) is 22.8 Å². The Bertz CT molecular complexity index is 930. The summed E-state index contributed by atoms with van der Waals surface area (Å²) in [4.78, 5) is 15.8. The maximum absolute atomic E-state index is 12.9. The average Bonchev–Trinajstić information content (AvgIpc) is 3.21. The molecule has 1 aromatic heterocycles. The van der Waals surface area contributed by atoms with Crippen molar-refractivity contribution in [2.45, 2.75) is 45.3 Å². The molecule has 1 aliphatic heterocycles. The molecule has 1 saturated heterocycles. The van der Waals surface area contributed by atoms with Crippen molar-refractivity contribution in [3.05, 3.63) is 29.3 Å². The molecule has 2 atom stereocenters. The van der Waals surface area contributed by atoms with Crippen LogP contribution in [-0.4, -0.2) is 63.0 Å². The Morgan fingerprint density at radius 3 is 2.78 bits per heavy atom. The van der Waals surface area contributed by atoms with Crippen molar-refractivity contribution in [2.24, 2.45) is 0 Å². The van der Waals surface area contributed by atoms with Gasteiger partial charge in [0.2, 0.25) is 11.7 Å². The SMILES string of the molecule is CC[C@@H](C)N(C(=O)Cn1nnc(-c2ccccc2Cl)n1)[C@@H]1CCS(=O)(=O)C1. The van der Waals surface area contributed by atoms with Gasteiger partial charge in [-0.3, -0.25) is 4.79 Å². The first-order valence-corrected chi connectivity index (χ1v) is 11.0. The van der Waals surface area contributed by atoms with Crippen LogP contribution in [0.3, 0.4) is 0 Å². The van der Waals surface area contributed by atoms with Gasteiger partial charge in [0.1, 0.15) is 6.54 Å². The molecule has 0 saturated carbocycles. The van der Waals surface area contributed by atoms with Gasteiger partial charge in [0.25, 0.3) is 0 Å². The Kier molecular flexibility index (Phi) is 5.81. The lowest BCUT2D eigenvalue weighted by atomic mass is 10.1. The molecular weight excluding hydrogens is 390 g/mol. The Morgan fingerprint density at radius 2 is 2.15 bits per heavy atom. The first-order chi connectivity index (χ1) is 12.8. The van der Waals surface area contributed by atoms with E-state index in [-0.39, 0.29) is 36.0 Å². The van der Waals surface area contributed by atoms with Crippen LogP contribution in [0.15, 0.2) is 24.3 Å². The molecule has 0 aliphatic carbocycles. The molecule has 8 nitrogen and oxygen atoms in total. The summed E-state index contributed by atoms with van der Waals surface area (Å²) < 4.78 is 23.7. The number of benzene rings is 1. The fourth-order valence-electron chi connectivity index (χ4n) is 3.26. The number of carbonyl (C=O) groups is 1. The number of aromatic nitrogens is 4. The number of rotatable bonds is 6. The van der Waals surface area contributed by atoms with Crippen LogP contribution in [0.4, 0.5) is 0 Å². The lowest BCUT2D eigenvalue weighted by molar-refractivity contribution is -0.136. The molecular formula is C17H22ClN5O3S. The lowest BCUT2D eigenvalue weighted by Crippen LogP contribution is -2.48. The molecule has 1 aliphatic rings. The highest BCUT2D eigenvalue weighted by Gasteiger charge is 2.36. The first kappa shape index (κ1) is 19.8. The Morgan fingerprint density at radius 1 is 1.41 bits per heavy atom. The molecule has 1 aromatic carbocycles. The maximum Gasteiger partial charge on any atom is 0.246 e. The Hall–Kier alpha value is -2.00. The number of sulfone groups is 1. The summed E-state index contributed by atoms with van der Waals surface area (Å²) in [7, 11) is -3.08. The molecule has 1 amide bonds. The van der Waals surface area contributed by atoms with Crippen LogP contribution in [-0.2, 0) is 21.2 Å². The third kappa shape index (κ3) is 4.47. The third-order valence-corrected chi connectivity index (χ3v) is 6.88. The summed E-state index contributed by atoms with van der Waals surface area (Å²) in [5, 5.41) is 12.7. The van der Waals surface area contributed by atoms with Gasteiger partial charge in [-0.25, -0.2) is 8.42 Å². The fraction of sp³-hybridized carbons (Fsp3) is 0.529. The van der Waals surface area contributed by atoms with Gasteiger partial charge < -0.3 is 4.90 Å². The second kappa shape index (κ2) is 7.93. The standard InChI is InChI=1S/C17H22ClN5O3S/c1-3-12(2)23(13-8-9-27(25,26)11-13)16(24)10-22-20-17(19-21-22)14-6-4-5-7-15(14)18/h4-7,12-13H,3,8-11H2,1-2H3/t12-,13-/m1/s1. The van der Waals surface area contributed by atoms with E-state index < -0.39 is 9.84 Å². The van der Waals surface area contributed by atoms with Crippen molar-refractivity contribution in [3.8, 4) is 11.4 Å². The molecule has 10 heteroatoms. The number of carbonyl (C=O) groups excluding carboxylic acids is 1. The van der Waals surface area contributed by atoms with E-state index in [1.165, 1.54) is 4.80 Å². The van der Waals surface area contributed by atoms with Gasteiger partial charge in [0, 0.05) is 17.6 Å². The van der Waals surface area contributed by atoms with E-state index in [0.717, 1.165) is 6.42 Å². The molecule has 27 heavy (non-hydrogen) atoms. The maximum atomic E-state index is 12.9. The van der Waals surface area contributed by atoms with Crippen LogP contribution in [0.25, 0.3) is 11.4 Å². The van der Waals surface area contributed by atoms with Crippen LogP contribution in [0, 0.1) is 0 Å². The zero-order chi connectivity index (χ0) is 19.6. The minimum Gasteiger partial charge on any atom is -0.334 e. The van der Waals surface area contributed by atoms with Crippen LogP contribution in [0.1, 0.15) is 26.7 Å². The highest BCUT2D eigenvalue weighted by Crippen LogP contribution is 2.24. The van der Waals surface area contributed by atoms with Crippen LogP contribution in [0.5, 0.6) is 0 Å². The van der Waals surface area contributed by atoms with Gasteiger partial charge in [-0.05, 0) is 37.1 Å². The summed E-state index contributed by atoms with van der Waals surface area (Å²) >= 11 is 6.15. The molecule has 2 aromatic rings. The van der Waals surface area contributed by atoms with Crippen molar-refractivity contribution in [3.63, 3.8) is 0 Å². The van der Waals surface area contributed by atoms with Crippen molar-refractivity contribution < 1.29 is 13.2 Å². The lowest BCUT2D eigenvalue weighted by Gasteiger charge is -2.33. The molecule has 0 unspecified atom stereocenters. The molecule has 2 heterocycles. The average molecular weight is 412 g/mol. The number of hydrogen-bond acceptors (Lipinski definition) is 6. The molecule has 0 radical (unpaired) electrons. The van der Waals surface area contributed by atoms with Gasteiger partial charge in [-0.2, -0.15) is 4.80 Å². The third-order valence-electron chi connectivity index (χ3n) is 4.80. The Labute approximate surface area is 163 Å². The number of amides is 1. The van der Waals surface area contributed by atoms with Crippen LogP contribution >= 0.6 is 11.6 Å². The summed E-state index contributed by atoms with van der Waals surface area (Å²) in [5.74, 6) is 0.260. The number of nitrogens with zero attached hydrogens (tertiary/aromatic N) is 5. The monoisotopic (exact) mass is 411 g/mol. The highest BCUT2D eigenvalue weighted by molar-refractivity contribution is 7.91. The summed E-state index contributed by atoms with van der Waals surface area (Å²) in [6, 6.07) is 6.76. The van der Waals surface area contributed by atoms with Gasteiger partial charge in [-0.1, -0.05) is 30.7 Å². The van der Waals surface area contributed by atoms with Crippen LogP contribution < -0.4 is 0 Å². The predicted molar refractivity (Wildman–Crippen MR) is 102 cm³/mol. The van der Waals surface area contributed by atoms with Crippen molar-refractivity contribution in [1.82, 2.24) is 25.1 Å². The largest absolute Gasteiger partial charge is 0.334 e. The molecule has 0 spiro atoms. The van der Waals surface area contributed by atoms with Crippen LogP contribution in [0.2, 0.25) is 5.02 Å². The smallest absolute Gasteiger partial charge is 0.246 e. The Balaban J connectivity index is 1.77.